The maximum absolute atomic E-state index is 13.1. The highest BCUT2D eigenvalue weighted by molar-refractivity contribution is 5.85. The Morgan fingerprint density at radius 2 is 1.71 bits per heavy atom. The Morgan fingerprint density at radius 1 is 1.03 bits per heavy atom. The summed E-state index contributed by atoms with van der Waals surface area (Å²) in [6, 6.07) is 17.4. The average Bonchev–Trinajstić information content (AvgIpc) is 2.77. The van der Waals surface area contributed by atoms with Crippen LogP contribution in [0.2, 0.25) is 0 Å². The summed E-state index contributed by atoms with van der Waals surface area (Å²) < 4.78 is 14.6. The quantitative estimate of drug-likeness (QED) is 0.627. The van der Waals surface area contributed by atoms with Gasteiger partial charge in [0.05, 0.1) is 11.7 Å². The van der Waals surface area contributed by atoms with Gasteiger partial charge in [0, 0.05) is 19.3 Å². The number of benzene rings is 2. The van der Waals surface area contributed by atoms with Gasteiger partial charge in [-0.3, -0.25) is 4.79 Å². The number of aliphatic hydroxyl groups excluding tert-OH is 1. The number of hydrogen-bond acceptors (Lipinski definition) is 4. The second-order valence-corrected chi connectivity index (χ2v) is 7.91. The summed E-state index contributed by atoms with van der Waals surface area (Å²) in [6.07, 6.45) is 2.95. The summed E-state index contributed by atoms with van der Waals surface area (Å²) in [6.45, 7) is 2.85. The lowest BCUT2D eigenvalue weighted by Gasteiger charge is -2.33. The molecule has 1 aromatic heterocycles. The summed E-state index contributed by atoms with van der Waals surface area (Å²) in [7, 11) is 0. The van der Waals surface area contributed by atoms with Gasteiger partial charge in [0.2, 0.25) is 0 Å². The molecule has 0 radical (unpaired) electrons. The molecule has 0 saturated carbocycles. The van der Waals surface area contributed by atoms with Gasteiger partial charge in [0.15, 0.2) is 0 Å². The first kappa shape index (κ1) is 23.1. The summed E-state index contributed by atoms with van der Waals surface area (Å²) >= 11 is 0. The fourth-order valence-electron chi connectivity index (χ4n) is 4.05. The lowest BCUT2D eigenvalue weighted by molar-refractivity contribution is 0.0857. The Morgan fingerprint density at radius 3 is 2.39 bits per heavy atom. The molecule has 1 aliphatic rings. The Kier molecular flexibility index (Phi) is 7.96. The van der Waals surface area contributed by atoms with Gasteiger partial charge in [0.1, 0.15) is 5.82 Å². The highest BCUT2D eigenvalue weighted by atomic mass is 35.5. The van der Waals surface area contributed by atoms with E-state index in [9.17, 15) is 14.3 Å². The van der Waals surface area contributed by atoms with Crippen LogP contribution in [0.4, 0.5) is 4.39 Å². The number of β-amino-alcohol motifs (C(OH)–C–C–N with tert-alkyl or cyclic N) is 1. The van der Waals surface area contributed by atoms with Crippen LogP contribution in [-0.4, -0.2) is 39.4 Å². The van der Waals surface area contributed by atoms with Crippen molar-refractivity contribution in [2.24, 2.45) is 5.92 Å². The van der Waals surface area contributed by atoms with Crippen LogP contribution in [0.15, 0.2) is 71.7 Å². The molecule has 1 N–H and O–H groups in total. The van der Waals surface area contributed by atoms with E-state index in [1.54, 1.807) is 29.1 Å². The Balaban J connectivity index is 0.00000272. The van der Waals surface area contributed by atoms with Crippen molar-refractivity contribution in [3.8, 4) is 11.1 Å². The molecule has 0 amide bonds. The van der Waals surface area contributed by atoms with Crippen LogP contribution in [0.3, 0.4) is 0 Å². The first-order chi connectivity index (χ1) is 14.6. The molecule has 0 aliphatic carbocycles. The molecule has 7 heteroatoms. The van der Waals surface area contributed by atoms with Crippen LogP contribution in [0.5, 0.6) is 0 Å². The van der Waals surface area contributed by atoms with Crippen molar-refractivity contribution in [3.05, 3.63) is 88.6 Å². The molecule has 31 heavy (non-hydrogen) atoms. The third kappa shape index (κ3) is 5.79. The number of aromatic nitrogens is 2. The monoisotopic (exact) mass is 443 g/mol. The number of likely N-dealkylation sites (tertiary alicyclic amines) is 1. The number of piperidine rings is 1. The Hall–Kier alpha value is -2.54. The summed E-state index contributed by atoms with van der Waals surface area (Å²) in [5.41, 5.74) is 2.25. The number of aliphatic hydroxyl groups is 1. The van der Waals surface area contributed by atoms with Gasteiger partial charge in [-0.15, -0.1) is 12.4 Å². The number of nitrogens with zero attached hydrogens (tertiary/aromatic N) is 3. The van der Waals surface area contributed by atoms with Crippen molar-refractivity contribution in [1.82, 2.24) is 14.7 Å². The van der Waals surface area contributed by atoms with Crippen LogP contribution in [-0.2, 0) is 6.54 Å². The second kappa shape index (κ2) is 10.7. The van der Waals surface area contributed by atoms with Crippen molar-refractivity contribution in [2.45, 2.75) is 25.5 Å². The van der Waals surface area contributed by atoms with Crippen LogP contribution >= 0.6 is 12.4 Å². The molecule has 3 aromatic rings. The van der Waals surface area contributed by atoms with Crippen LogP contribution in [0.25, 0.3) is 11.1 Å². The summed E-state index contributed by atoms with van der Waals surface area (Å²) in [5.74, 6) is 0.0763. The number of rotatable bonds is 6. The molecule has 1 saturated heterocycles. The average molecular weight is 444 g/mol. The van der Waals surface area contributed by atoms with E-state index in [1.807, 2.05) is 30.3 Å². The topological polar surface area (TPSA) is 58.4 Å². The predicted molar refractivity (Wildman–Crippen MR) is 122 cm³/mol. The van der Waals surface area contributed by atoms with Gasteiger partial charge in [-0.2, -0.15) is 5.10 Å². The van der Waals surface area contributed by atoms with Gasteiger partial charge < -0.3 is 10.0 Å². The SMILES string of the molecule is Cl.O=c1c(-c2ccccc2)ccnn1CC1CCN(CC(O)c2ccc(F)cc2)CC1. The first-order valence-corrected chi connectivity index (χ1v) is 10.4. The van der Waals surface area contributed by atoms with E-state index < -0.39 is 6.10 Å². The van der Waals surface area contributed by atoms with Crippen molar-refractivity contribution in [3.63, 3.8) is 0 Å². The summed E-state index contributed by atoms with van der Waals surface area (Å²) in [4.78, 5) is 15.1. The molecule has 4 rings (SSSR count). The van der Waals surface area contributed by atoms with Gasteiger partial charge in [-0.25, -0.2) is 9.07 Å². The van der Waals surface area contributed by atoms with Crippen LogP contribution in [0, 0.1) is 11.7 Å². The van der Waals surface area contributed by atoms with E-state index in [0.29, 0.717) is 24.6 Å². The van der Waals surface area contributed by atoms with E-state index in [0.717, 1.165) is 37.1 Å². The molecule has 1 atom stereocenters. The zero-order valence-corrected chi connectivity index (χ0v) is 18.0. The Labute approximate surface area is 187 Å². The molecule has 1 aliphatic heterocycles. The van der Waals surface area contributed by atoms with E-state index in [1.165, 1.54) is 12.1 Å². The minimum atomic E-state index is -0.631. The maximum Gasteiger partial charge on any atom is 0.274 e. The normalized spacial score (nSPS) is 15.9. The van der Waals surface area contributed by atoms with Crippen LogP contribution in [0.1, 0.15) is 24.5 Å². The third-order valence-corrected chi connectivity index (χ3v) is 5.82. The predicted octanol–water partition coefficient (Wildman–Crippen LogP) is 3.92. The highest BCUT2D eigenvalue weighted by Gasteiger charge is 2.23. The zero-order chi connectivity index (χ0) is 20.9. The summed E-state index contributed by atoms with van der Waals surface area (Å²) in [5, 5.41) is 14.7. The van der Waals surface area contributed by atoms with Gasteiger partial charge >= 0.3 is 0 Å². The minimum absolute atomic E-state index is 0. The minimum Gasteiger partial charge on any atom is -0.387 e. The van der Waals surface area contributed by atoms with Gasteiger partial charge in [0.25, 0.3) is 5.56 Å². The molecule has 2 heterocycles. The second-order valence-electron chi connectivity index (χ2n) is 7.91. The van der Waals surface area contributed by atoms with E-state index in [-0.39, 0.29) is 23.8 Å². The largest absolute Gasteiger partial charge is 0.387 e. The molecule has 2 aromatic carbocycles. The van der Waals surface area contributed by atoms with E-state index >= 15 is 0 Å². The molecular weight excluding hydrogens is 417 g/mol. The zero-order valence-electron chi connectivity index (χ0n) is 17.2. The lowest BCUT2D eigenvalue weighted by Crippen LogP contribution is -2.39. The molecule has 1 unspecified atom stereocenters. The fourth-order valence-corrected chi connectivity index (χ4v) is 4.05. The van der Waals surface area contributed by atoms with Crippen LogP contribution < -0.4 is 5.56 Å². The maximum atomic E-state index is 13.1. The molecule has 0 spiro atoms. The lowest BCUT2D eigenvalue weighted by atomic mass is 9.96. The molecular formula is C24H27ClFN3O2. The van der Waals surface area contributed by atoms with Crippen molar-refractivity contribution in [1.29, 1.82) is 0 Å². The molecule has 5 nitrogen and oxygen atoms in total. The highest BCUT2D eigenvalue weighted by Crippen LogP contribution is 2.22. The van der Waals surface area contributed by atoms with Gasteiger partial charge in [-0.1, -0.05) is 42.5 Å². The van der Waals surface area contributed by atoms with Crippen molar-refractivity contribution >= 4 is 12.4 Å². The first-order valence-electron chi connectivity index (χ1n) is 10.4. The number of hydrogen-bond donors (Lipinski definition) is 1. The molecule has 0 bridgehead atoms. The standard InChI is InChI=1S/C24H26FN3O2.ClH/c25-21-8-6-20(7-9-21)23(29)17-27-14-11-18(12-15-27)16-28-24(30)22(10-13-26-28)19-4-2-1-3-5-19;/h1-10,13,18,23,29H,11-12,14-17H2;1H. The molecule has 164 valence electrons. The van der Waals surface area contributed by atoms with Crippen molar-refractivity contribution in [2.75, 3.05) is 19.6 Å². The molecule has 1 fully saturated rings. The number of halogens is 2. The smallest absolute Gasteiger partial charge is 0.274 e. The van der Waals surface area contributed by atoms with E-state index in [2.05, 4.69) is 10.00 Å². The fraction of sp³-hybridized carbons (Fsp3) is 0.333. The Bertz CT molecular complexity index is 1020. The third-order valence-electron chi connectivity index (χ3n) is 5.82. The van der Waals surface area contributed by atoms with Gasteiger partial charge in [-0.05, 0) is 61.2 Å². The van der Waals surface area contributed by atoms with E-state index in [4.69, 9.17) is 0 Å². The van der Waals surface area contributed by atoms with Crippen molar-refractivity contribution < 1.29 is 9.50 Å².